The Bertz CT molecular complexity index is 686. The SMILES string of the molecule is CCOc1ccc(N=C2CSc3sc(=S)sc3S2)cc1. The molecular formula is C13H11NOS5. The van der Waals surface area contributed by atoms with Crippen LogP contribution in [-0.4, -0.2) is 17.4 Å². The zero-order valence-corrected chi connectivity index (χ0v) is 14.7. The second-order valence-electron chi connectivity index (χ2n) is 3.85. The van der Waals surface area contributed by atoms with Gasteiger partial charge in [0, 0.05) is 5.75 Å². The minimum absolute atomic E-state index is 0.687. The van der Waals surface area contributed by atoms with Crippen molar-refractivity contribution in [2.24, 2.45) is 4.99 Å². The standard InChI is InChI=1S/C13H11NOS5/c1-2-15-9-5-3-8(4-6-9)14-10-7-17-11-12(18-10)20-13(16)19-11/h3-6H,2,7H2,1H3. The third kappa shape index (κ3) is 3.46. The average molecular weight is 358 g/mol. The van der Waals surface area contributed by atoms with Crippen LogP contribution in [0.4, 0.5) is 5.69 Å². The molecule has 1 aliphatic heterocycles. The van der Waals surface area contributed by atoms with Crippen molar-refractivity contribution in [3.8, 4) is 5.75 Å². The highest BCUT2D eigenvalue weighted by Crippen LogP contribution is 2.46. The molecule has 0 saturated carbocycles. The third-order valence-electron chi connectivity index (χ3n) is 2.46. The van der Waals surface area contributed by atoms with E-state index in [1.807, 2.05) is 43.0 Å². The smallest absolute Gasteiger partial charge is 0.145 e. The quantitative estimate of drug-likeness (QED) is 0.641. The first-order valence-electron chi connectivity index (χ1n) is 5.99. The Kier molecular flexibility index (Phi) is 4.83. The monoisotopic (exact) mass is 357 g/mol. The Labute approximate surface area is 139 Å². The van der Waals surface area contributed by atoms with Crippen LogP contribution in [0.15, 0.2) is 37.7 Å². The minimum Gasteiger partial charge on any atom is -0.494 e. The van der Waals surface area contributed by atoms with Crippen LogP contribution in [0.2, 0.25) is 0 Å². The fraction of sp³-hybridized carbons (Fsp3) is 0.231. The van der Waals surface area contributed by atoms with Crippen molar-refractivity contribution >= 4 is 69.1 Å². The van der Waals surface area contributed by atoms with E-state index in [9.17, 15) is 0 Å². The summed E-state index contributed by atoms with van der Waals surface area (Å²) in [6.07, 6.45) is 0. The Morgan fingerprint density at radius 1 is 1.20 bits per heavy atom. The van der Waals surface area contributed by atoms with Crippen molar-refractivity contribution in [1.29, 1.82) is 0 Å². The number of rotatable bonds is 3. The zero-order chi connectivity index (χ0) is 13.9. The molecule has 1 aliphatic rings. The molecule has 1 aromatic carbocycles. The lowest BCUT2D eigenvalue weighted by Gasteiger charge is -2.11. The maximum Gasteiger partial charge on any atom is 0.145 e. The molecule has 0 radical (unpaired) electrons. The first-order valence-corrected chi connectivity index (χ1v) is 9.84. The summed E-state index contributed by atoms with van der Waals surface area (Å²) in [6.45, 7) is 2.67. The Balaban J connectivity index is 1.78. The molecule has 0 spiro atoms. The highest BCUT2D eigenvalue weighted by molar-refractivity contribution is 8.19. The van der Waals surface area contributed by atoms with E-state index < -0.39 is 0 Å². The predicted molar refractivity (Wildman–Crippen MR) is 94.3 cm³/mol. The molecule has 0 bridgehead atoms. The zero-order valence-electron chi connectivity index (χ0n) is 10.6. The fourth-order valence-corrected chi connectivity index (χ4v) is 7.69. The number of fused-ring (bicyclic) bond motifs is 1. The Morgan fingerprint density at radius 3 is 2.70 bits per heavy atom. The first kappa shape index (κ1) is 14.6. The molecule has 0 fully saturated rings. The van der Waals surface area contributed by atoms with Crippen LogP contribution < -0.4 is 4.74 Å². The third-order valence-corrected chi connectivity index (χ3v) is 8.12. The number of thioether (sulfide) groups is 2. The summed E-state index contributed by atoms with van der Waals surface area (Å²) in [5.74, 6) is 1.81. The van der Waals surface area contributed by atoms with E-state index in [-0.39, 0.29) is 0 Å². The predicted octanol–water partition coefficient (Wildman–Crippen LogP) is 5.87. The summed E-state index contributed by atoms with van der Waals surface area (Å²) in [4.78, 5) is 4.71. The molecule has 7 heteroatoms. The number of ether oxygens (including phenoxy) is 1. The molecule has 0 unspecified atom stereocenters. The summed E-state index contributed by atoms with van der Waals surface area (Å²) in [7, 11) is 0. The van der Waals surface area contributed by atoms with Crippen LogP contribution in [0.25, 0.3) is 0 Å². The van der Waals surface area contributed by atoms with Crippen LogP contribution in [0, 0.1) is 3.14 Å². The molecule has 2 heterocycles. The molecule has 2 nitrogen and oxygen atoms in total. The summed E-state index contributed by atoms with van der Waals surface area (Å²) < 4.78 is 9.07. The van der Waals surface area contributed by atoms with Crippen LogP contribution in [-0.2, 0) is 0 Å². The van der Waals surface area contributed by atoms with Crippen molar-refractivity contribution in [2.45, 2.75) is 15.3 Å². The van der Waals surface area contributed by atoms with E-state index >= 15 is 0 Å². The molecule has 20 heavy (non-hydrogen) atoms. The summed E-state index contributed by atoms with van der Waals surface area (Å²) in [6, 6.07) is 7.91. The number of nitrogens with zero attached hydrogens (tertiary/aromatic N) is 1. The summed E-state index contributed by atoms with van der Waals surface area (Å²) in [5, 5.41) is 1.13. The van der Waals surface area contributed by atoms with Gasteiger partial charge in [0.05, 0.1) is 25.8 Å². The lowest BCUT2D eigenvalue weighted by Crippen LogP contribution is -1.99. The number of aliphatic imine (C=N–C) groups is 1. The van der Waals surface area contributed by atoms with Gasteiger partial charge in [-0.1, -0.05) is 24.0 Å². The molecular weight excluding hydrogens is 346 g/mol. The van der Waals surface area contributed by atoms with Crippen LogP contribution >= 0.6 is 58.4 Å². The lowest BCUT2D eigenvalue weighted by molar-refractivity contribution is 0.340. The molecule has 0 amide bonds. The van der Waals surface area contributed by atoms with E-state index in [1.165, 1.54) is 8.42 Å². The maximum absolute atomic E-state index is 5.43. The average Bonchev–Trinajstić information content (AvgIpc) is 2.81. The van der Waals surface area contributed by atoms with Crippen molar-refractivity contribution in [1.82, 2.24) is 0 Å². The molecule has 0 N–H and O–H groups in total. The van der Waals surface area contributed by atoms with Gasteiger partial charge in [0.1, 0.15) is 8.89 Å². The van der Waals surface area contributed by atoms with Gasteiger partial charge >= 0.3 is 0 Å². The Morgan fingerprint density at radius 2 is 1.95 bits per heavy atom. The molecule has 0 saturated heterocycles. The topological polar surface area (TPSA) is 21.6 Å². The second-order valence-corrected chi connectivity index (χ2v) is 9.66. The fourth-order valence-electron chi connectivity index (χ4n) is 1.65. The normalized spacial score (nSPS) is 16.1. The van der Waals surface area contributed by atoms with Crippen molar-refractivity contribution in [2.75, 3.05) is 12.4 Å². The summed E-state index contributed by atoms with van der Waals surface area (Å²) >= 11 is 12.2. The minimum atomic E-state index is 0.687. The molecule has 3 rings (SSSR count). The highest BCUT2D eigenvalue weighted by atomic mass is 32.2. The first-order chi connectivity index (χ1) is 9.74. The van der Waals surface area contributed by atoms with Gasteiger partial charge in [0.25, 0.3) is 0 Å². The number of hydrogen-bond donors (Lipinski definition) is 0. The van der Waals surface area contributed by atoms with E-state index in [0.29, 0.717) is 6.61 Å². The van der Waals surface area contributed by atoms with Gasteiger partial charge < -0.3 is 4.74 Å². The van der Waals surface area contributed by atoms with Crippen molar-refractivity contribution in [3.63, 3.8) is 0 Å². The molecule has 0 aliphatic carbocycles. The summed E-state index contributed by atoms with van der Waals surface area (Å²) in [5.41, 5.74) is 0.971. The van der Waals surface area contributed by atoms with E-state index in [0.717, 1.165) is 25.4 Å². The van der Waals surface area contributed by atoms with Gasteiger partial charge in [0.2, 0.25) is 0 Å². The van der Waals surface area contributed by atoms with Gasteiger partial charge in [-0.05, 0) is 31.2 Å². The number of benzene rings is 1. The molecule has 104 valence electrons. The van der Waals surface area contributed by atoms with Gasteiger partial charge in [-0.2, -0.15) is 0 Å². The van der Waals surface area contributed by atoms with E-state index in [2.05, 4.69) is 0 Å². The van der Waals surface area contributed by atoms with Gasteiger partial charge in [-0.15, -0.1) is 34.4 Å². The van der Waals surface area contributed by atoms with Gasteiger partial charge in [-0.3, -0.25) is 0 Å². The number of hydrogen-bond acceptors (Lipinski definition) is 7. The van der Waals surface area contributed by atoms with Crippen molar-refractivity contribution < 1.29 is 4.74 Å². The molecule has 1 aromatic heterocycles. The van der Waals surface area contributed by atoms with Crippen LogP contribution in [0.1, 0.15) is 6.92 Å². The van der Waals surface area contributed by atoms with Crippen LogP contribution in [0.5, 0.6) is 5.75 Å². The largest absolute Gasteiger partial charge is 0.494 e. The highest BCUT2D eigenvalue weighted by Gasteiger charge is 2.18. The van der Waals surface area contributed by atoms with Crippen molar-refractivity contribution in [3.05, 3.63) is 27.4 Å². The van der Waals surface area contributed by atoms with Crippen LogP contribution in [0.3, 0.4) is 0 Å². The van der Waals surface area contributed by atoms with E-state index in [4.69, 9.17) is 21.9 Å². The Hall–Kier alpha value is -0.340. The maximum atomic E-state index is 5.43. The molecule has 2 aromatic rings. The lowest BCUT2D eigenvalue weighted by atomic mass is 10.3. The van der Waals surface area contributed by atoms with E-state index in [1.54, 1.807) is 34.4 Å². The van der Waals surface area contributed by atoms with Gasteiger partial charge in [-0.25, -0.2) is 4.99 Å². The second kappa shape index (κ2) is 6.62. The molecule has 0 atom stereocenters. The van der Waals surface area contributed by atoms with Gasteiger partial charge in [0.15, 0.2) is 0 Å².